The number of amides is 1. The predicted octanol–water partition coefficient (Wildman–Crippen LogP) is 1.37. The van der Waals surface area contributed by atoms with Crippen LogP contribution >= 0.6 is 0 Å². The fraction of sp³-hybridized carbons (Fsp3) is 0.333. The molecule has 0 saturated carbocycles. The van der Waals surface area contributed by atoms with Crippen molar-refractivity contribution in [1.82, 2.24) is 0 Å². The molecule has 1 rings (SSSR count). The molecule has 0 aliphatic carbocycles. The van der Waals surface area contributed by atoms with Gasteiger partial charge in [0.2, 0.25) is 5.91 Å². The van der Waals surface area contributed by atoms with Crippen molar-refractivity contribution in [3.05, 3.63) is 35.9 Å². The van der Waals surface area contributed by atoms with Crippen LogP contribution in [-0.4, -0.2) is 17.0 Å². The van der Waals surface area contributed by atoms with Crippen LogP contribution < -0.4 is 5.73 Å². The Bertz CT molecular complexity index is 398. The van der Waals surface area contributed by atoms with Gasteiger partial charge in [-0.25, -0.2) is 0 Å². The van der Waals surface area contributed by atoms with E-state index in [-0.39, 0.29) is 0 Å². The van der Waals surface area contributed by atoms with Gasteiger partial charge in [0.25, 0.3) is 0 Å². The maximum absolute atomic E-state index is 11.4. The number of hydrogen-bond donors (Lipinski definition) is 2. The van der Waals surface area contributed by atoms with Crippen LogP contribution in [0.2, 0.25) is 0 Å². The molecule has 1 atom stereocenters. The van der Waals surface area contributed by atoms with E-state index >= 15 is 0 Å². The van der Waals surface area contributed by atoms with Crippen molar-refractivity contribution in [1.29, 1.82) is 0 Å². The summed E-state index contributed by atoms with van der Waals surface area (Å²) in [6.07, 6.45) is 0. The number of aliphatic carboxylic acids is 1. The number of carboxylic acids is 1. The van der Waals surface area contributed by atoms with Crippen molar-refractivity contribution in [3.63, 3.8) is 0 Å². The first-order valence-corrected chi connectivity index (χ1v) is 4.95. The highest BCUT2D eigenvalue weighted by atomic mass is 16.4. The Morgan fingerprint density at radius 1 is 1.25 bits per heavy atom. The fourth-order valence-corrected chi connectivity index (χ4v) is 1.71. The van der Waals surface area contributed by atoms with Gasteiger partial charge in [-0.2, -0.15) is 0 Å². The van der Waals surface area contributed by atoms with Gasteiger partial charge in [0.05, 0.1) is 11.3 Å². The molecule has 0 bridgehead atoms. The van der Waals surface area contributed by atoms with Crippen LogP contribution in [0.4, 0.5) is 0 Å². The summed E-state index contributed by atoms with van der Waals surface area (Å²) in [5.41, 5.74) is 4.70. The van der Waals surface area contributed by atoms with Crippen LogP contribution in [0, 0.1) is 5.41 Å². The molecule has 0 radical (unpaired) electrons. The standard InChI is InChI=1S/C12H15NO3/c1-12(2,11(15)16)9(10(13)14)8-6-4-3-5-7-8/h3-7,9H,1-2H3,(H2,13,14)(H,15,16). The minimum absolute atomic E-state index is 0.626. The SMILES string of the molecule is CC(C)(C(=O)O)C(C(N)=O)c1ccccc1. The molecule has 0 fully saturated rings. The summed E-state index contributed by atoms with van der Waals surface area (Å²) in [6.45, 7) is 3.00. The summed E-state index contributed by atoms with van der Waals surface area (Å²) in [7, 11) is 0. The lowest BCUT2D eigenvalue weighted by atomic mass is 9.74. The van der Waals surface area contributed by atoms with Crippen molar-refractivity contribution in [3.8, 4) is 0 Å². The van der Waals surface area contributed by atoms with Gasteiger partial charge < -0.3 is 10.8 Å². The van der Waals surface area contributed by atoms with Crippen LogP contribution in [0.5, 0.6) is 0 Å². The van der Waals surface area contributed by atoms with E-state index in [1.165, 1.54) is 13.8 Å². The zero-order chi connectivity index (χ0) is 12.3. The van der Waals surface area contributed by atoms with Gasteiger partial charge in [-0.05, 0) is 19.4 Å². The molecule has 0 aliphatic rings. The first-order chi connectivity index (χ1) is 7.37. The first-order valence-electron chi connectivity index (χ1n) is 4.95. The molecule has 16 heavy (non-hydrogen) atoms. The molecule has 1 unspecified atom stereocenters. The Balaban J connectivity index is 3.21. The van der Waals surface area contributed by atoms with Gasteiger partial charge in [0, 0.05) is 0 Å². The van der Waals surface area contributed by atoms with Gasteiger partial charge in [0.15, 0.2) is 0 Å². The number of primary amides is 1. The third-order valence-electron chi connectivity index (χ3n) is 2.69. The minimum Gasteiger partial charge on any atom is -0.481 e. The smallest absolute Gasteiger partial charge is 0.310 e. The monoisotopic (exact) mass is 221 g/mol. The summed E-state index contributed by atoms with van der Waals surface area (Å²) in [6, 6.07) is 8.72. The van der Waals surface area contributed by atoms with Crippen molar-refractivity contribution in [2.75, 3.05) is 0 Å². The average Bonchev–Trinajstić information content (AvgIpc) is 2.18. The van der Waals surface area contributed by atoms with E-state index in [0.29, 0.717) is 5.56 Å². The summed E-state index contributed by atoms with van der Waals surface area (Å²) in [5.74, 6) is -2.50. The number of benzene rings is 1. The van der Waals surface area contributed by atoms with Crippen molar-refractivity contribution >= 4 is 11.9 Å². The molecule has 4 heteroatoms. The Morgan fingerprint density at radius 3 is 2.12 bits per heavy atom. The lowest BCUT2D eigenvalue weighted by Gasteiger charge is -2.28. The molecule has 0 heterocycles. The summed E-state index contributed by atoms with van der Waals surface area (Å²) in [4.78, 5) is 22.5. The number of carbonyl (C=O) groups excluding carboxylic acids is 1. The highest BCUT2D eigenvalue weighted by Gasteiger charge is 2.41. The van der Waals surface area contributed by atoms with Crippen molar-refractivity contribution in [2.45, 2.75) is 19.8 Å². The lowest BCUT2D eigenvalue weighted by Crippen LogP contribution is -2.39. The normalized spacial score (nSPS) is 13.1. The minimum atomic E-state index is -1.22. The Hall–Kier alpha value is -1.84. The Kier molecular flexibility index (Phi) is 3.32. The largest absolute Gasteiger partial charge is 0.481 e. The van der Waals surface area contributed by atoms with Gasteiger partial charge >= 0.3 is 5.97 Å². The molecule has 3 N–H and O–H groups in total. The zero-order valence-electron chi connectivity index (χ0n) is 9.31. The molecule has 0 aromatic heterocycles. The maximum atomic E-state index is 11.4. The zero-order valence-corrected chi connectivity index (χ0v) is 9.31. The summed E-state index contributed by atoms with van der Waals surface area (Å²) >= 11 is 0. The molecular formula is C12H15NO3. The second-order valence-corrected chi connectivity index (χ2v) is 4.27. The molecule has 1 aromatic carbocycles. The number of carbonyl (C=O) groups is 2. The molecule has 1 amide bonds. The van der Waals surface area contributed by atoms with Gasteiger partial charge in [-0.15, -0.1) is 0 Å². The van der Waals surface area contributed by atoms with E-state index < -0.39 is 23.2 Å². The van der Waals surface area contributed by atoms with Crippen LogP contribution in [0.1, 0.15) is 25.3 Å². The third-order valence-corrected chi connectivity index (χ3v) is 2.69. The topological polar surface area (TPSA) is 80.4 Å². The molecule has 86 valence electrons. The van der Waals surface area contributed by atoms with Crippen LogP contribution in [0.25, 0.3) is 0 Å². The Morgan fingerprint density at radius 2 is 1.75 bits per heavy atom. The number of rotatable bonds is 4. The summed E-state index contributed by atoms with van der Waals surface area (Å²) < 4.78 is 0. The molecule has 0 saturated heterocycles. The maximum Gasteiger partial charge on any atom is 0.310 e. The van der Waals surface area contributed by atoms with E-state index in [2.05, 4.69) is 0 Å². The van der Waals surface area contributed by atoms with E-state index in [1.807, 2.05) is 0 Å². The molecule has 4 nitrogen and oxygen atoms in total. The Labute approximate surface area is 94.1 Å². The predicted molar refractivity (Wildman–Crippen MR) is 59.8 cm³/mol. The molecular weight excluding hydrogens is 206 g/mol. The first kappa shape index (κ1) is 12.2. The van der Waals surface area contributed by atoms with Gasteiger partial charge in [-0.1, -0.05) is 30.3 Å². The fourth-order valence-electron chi connectivity index (χ4n) is 1.71. The summed E-state index contributed by atoms with van der Waals surface area (Å²) in [5, 5.41) is 9.11. The molecule has 0 spiro atoms. The van der Waals surface area contributed by atoms with Crippen LogP contribution in [-0.2, 0) is 9.59 Å². The second-order valence-electron chi connectivity index (χ2n) is 4.27. The lowest BCUT2D eigenvalue weighted by molar-refractivity contribution is -0.150. The van der Waals surface area contributed by atoms with E-state index in [1.54, 1.807) is 30.3 Å². The van der Waals surface area contributed by atoms with Crippen LogP contribution in [0.3, 0.4) is 0 Å². The van der Waals surface area contributed by atoms with Gasteiger partial charge in [0.1, 0.15) is 0 Å². The third kappa shape index (κ3) is 2.21. The van der Waals surface area contributed by atoms with E-state index in [0.717, 1.165) is 0 Å². The van der Waals surface area contributed by atoms with Crippen LogP contribution in [0.15, 0.2) is 30.3 Å². The highest BCUT2D eigenvalue weighted by molar-refractivity contribution is 5.90. The highest BCUT2D eigenvalue weighted by Crippen LogP contribution is 2.35. The molecule has 0 aliphatic heterocycles. The number of carboxylic acid groups (broad SMARTS) is 1. The quantitative estimate of drug-likeness (QED) is 0.805. The second kappa shape index (κ2) is 4.35. The van der Waals surface area contributed by atoms with Crippen molar-refractivity contribution < 1.29 is 14.7 Å². The average molecular weight is 221 g/mol. The number of nitrogens with two attached hydrogens (primary N) is 1. The number of hydrogen-bond acceptors (Lipinski definition) is 2. The van der Waals surface area contributed by atoms with E-state index in [9.17, 15) is 9.59 Å². The van der Waals surface area contributed by atoms with E-state index in [4.69, 9.17) is 10.8 Å². The van der Waals surface area contributed by atoms with Crippen molar-refractivity contribution in [2.24, 2.45) is 11.1 Å². The van der Waals surface area contributed by atoms with Gasteiger partial charge in [-0.3, -0.25) is 9.59 Å². The molecule has 1 aromatic rings.